The zero-order chi connectivity index (χ0) is 19.8. The molecule has 2 N–H and O–H groups in total. The first-order chi connectivity index (χ1) is 13.4. The summed E-state index contributed by atoms with van der Waals surface area (Å²) in [6.45, 7) is 1.79. The minimum absolute atomic E-state index is 0.116. The van der Waals surface area contributed by atoms with Crippen LogP contribution < -0.4 is 10.6 Å². The van der Waals surface area contributed by atoms with E-state index in [1.54, 1.807) is 25.1 Å². The van der Waals surface area contributed by atoms with Crippen LogP contribution in [0.25, 0.3) is 0 Å². The first-order valence-electron chi connectivity index (χ1n) is 8.68. The molecule has 2 aromatic carbocycles. The quantitative estimate of drug-likeness (QED) is 0.648. The predicted molar refractivity (Wildman–Crippen MR) is 105 cm³/mol. The van der Waals surface area contributed by atoms with Crippen LogP contribution in [0.1, 0.15) is 38.7 Å². The fourth-order valence-corrected chi connectivity index (χ4v) is 4.65. The van der Waals surface area contributed by atoms with Crippen LogP contribution in [-0.4, -0.2) is 11.8 Å². The molecule has 0 fully saturated rings. The minimum Gasteiger partial charge on any atom is -0.321 e. The Morgan fingerprint density at radius 3 is 2.57 bits per heavy atom. The molecule has 2 heterocycles. The second-order valence-corrected chi connectivity index (χ2v) is 7.61. The summed E-state index contributed by atoms with van der Waals surface area (Å²) in [6.07, 6.45) is 0.116. The Morgan fingerprint density at radius 1 is 1.14 bits per heavy atom. The second-order valence-electron chi connectivity index (χ2n) is 6.59. The van der Waals surface area contributed by atoms with Crippen LogP contribution in [-0.2, 0) is 4.79 Å². The van der Waals surface area contributed by atoms with Gasteiger partial charge in [0.25, 0.3) is 5.91 Å². The van der Waals surface area contributed by atoms with Crippen molar-refractivity contribution in [2.75, 3.05) is 10.6 Å². The van der Waals surface area contributed by atoms with E-state index in [1.165, 1.54) is 30.3 Å². The van der Waals surface area contributed by atoms with Gasteiger partial charge in [0.15, 0.2) is 0 Å². The van der Waals surface area contributed by atoms with Crippen molar-refractivity contribution < 1.29 is 18.4 Å². The van der Waals surface area contributed by atoms with Gasteiger partial charge in [-0.15, -0.1) is 11.3 Å². The monoisotopic (exact) mass is 398 g/mol. The number of thiophene rings is 1. The molecule has 2 amide bonds. The first-order valence-corrected chi connectivity index (χ1v) is 9.50. The highest BCUT2D eigenvalue weighted by atomic mass is 32.1. The van der Waals surface area contributed by atoms with Gasteiger partial charge in [0, 0.05) is 18.0 Å². The zero-order valence-electron chi connectivity index (χ0n) is 14.9. The highest BCUT2D eigenvalue weighted by Gasteiger charge is 2.34. The molecular weight excluding hydrogens is 382 g/mol. The van der Waals surface area contributed by atoms with Crippen molar-refractivity contribution in [1.29, 1.82) is 0 Å². The largest absolute Gasteiger partial charge is 0.321 e. The summed E-state index contributed by atoms with van der Waals surface area (Å²) < 4.78 is 27.4. The SMILES string of the molecule is Cc1c(C(=O)Nc2ccc(F)cc2)sc2c1[C@@H](c1ccccc1F)CC(=O)N2. The molecule has 1 aromatic heterocycles. The van der Waals surface area contributed by atoms with Gasteiger partial charge < -0.3 is 10.6 Å². The predicted octanol–water partition coefficient (Wildman–Crippen LogP) is 5.06. The van der Waals surface area contributed by atoms with E-state index in [0.29, 0.717) is 26.7 Å². The summed E-state index contributed by atoms with van der Waals surface area (Å²) in [5.74, 6) is -1.79. The van der Waals surface area contributed by atoms with Gasteiger partial charge in [-0.3, -0.25) is 9.59 Å². The number of amides is 2. The Kier molecular flexibility index (Phi) is 4.68. The number of benzene rings is 2. The highest BCUT2D eigenvalue weighted by molar-refractivity contribution is 7.18. The van der Waals surface area contributed by atoms with E-state index < -0.39 is 11.7 Å². The molecule has 7 heteroatoms. The van der Waals surface area contributed by atoms with Crippen molar-refractivity contribution in [3.63, 3.8) is 0 Å². The lowest BCUT2D eigenvalue weighted by Crippen LogP contribution is -2.23. The van der Waals surface area contributed by atoms with Gasteiger partial charge in [0.1, 0.15) is 11.6 Å². The summed E-state index contributed by atoms with van der Waals surface area (Å²) in [5, 5.41) is 6.09. The minimum atomic E-state index is -0.450. The number of halogens is 2. The third kappa shape index (κ3) is 3.29. The van der Waals surface area contributed by atoms with Gasteiger partial charge in [-0.25, -0.2) is 8.78 Å². The van der Waals surface area contributed by atoms with Crippen molar-refractivity contribution in [3.8, 4) is 0 Å². The number of hydrogen-bond donors (Lipinski definition) is 2. The third-order valence-corrected chi connectivity index (χ3v) is 6.00. The molecule has 0 unspecified atom stereocenters. The molecule has 0 radical (unpaired) electrons. The summed E-state index contributed by atoms with van der Waals surface area (Å²) in [7, 11) is 0. The van der Waals surface area contributed by atoms with Gasteiger partial charge in [0.2, 0.25) is 5.91 Å². The molecule has 1 atom stereocenters. The van der Waals surface area contributed by atoms with Crippen molar-refractivity contribution in [2.45, 2.75) is 19.3 Å². The van der Waals surface area contributed by atoms with Crippen molar-refractivity contribution in [1.82, 2.24) is 0 Å². The normalized spacial score (nSPS) is 15.7. The Morgan fingerprint density at radius 2 is 1.86 bits per heavy atom. The molecule has 1 aliphatic rings. The molecular formula is C21H16F2N2O2S. The number of hydrogen-bond acceptors (Lipinski definition) is 3. The van der Waals surface area contributed by atoms with E-state index in [1.807, 2.05) is 0 Å². The van der Waals surface area contributed by atoms with Gasteiger partial charge in [-0.1, -0.05) is 18.2 Å². The maximum Gasteiger partial charge on any atom is 0.266 e. The summed E-state index contributed by atoms with van der Waals surface area (Å²) in [4.78, 5) is 25.3. The van der Waals surface area contributed by atoms with Gasteiger partial charge in [-0.05, 0) is 53.9 Å². The molecule has 4 rings (SSSR count). The summed E-state index contributed by atoms with van der Waals surface area (Å²) >= 11 is 1.16. The molecule has 28 heavy (non-hydrogen) atoms. The van der Waals surface area contributed by atoms with Crippen molar-refractivity contribution in [2.24, 2.45) is 0 Å². The van der Waals surface area contributed by atoms with E-state index in [4.69, 9.17) is 0 Å². The number of fused-ring (bicyclic) bond motifs is 1. The second kappa shape index (κ2) is 7.16. The average molecular weight is 398 g/mol. The van der Waals surface area contributed by atoms with Crippen LogP contribution in [0.2, 0.25) is 0 Å². The Bertz CT molecular complexity index is 1080. The molecule has 0 spiro atoms. The zero-order valence-corrected chi connectivity index (χ0v) is 15.7. The van der Waals surface area contributed by atoms with Crippen molar-refractivity contribution >= 4 is 33.8 Å². The Labute approximate surface area is 164 Å². The van der Waals surface area contributed by atoms with Crippen molar-refractivity contribution in [3.05, 3.63) is 81.7 Å². The topological polar surface area (TPSA) is 58.2 Å². The lowest BCUT2D eigenvalue weighted by Gasteiger charge is -2.24. The van der Waals surface area contributed by atoms with Crippen LogP contribution in [0.3, 0.4) is 0 Å². The Balaban J connectivity index is 1.72. The molecule has 1 aliphatic heterocycles. The van der Waals surface area contributed by atoms with E-state index in [2.05, 4.69) is 10.6 Å². The smallest absolute Gasteiger partial charge is 0.266 e. The van der Waals surface area contributed by atoms with E-state index in [9.17, 15) is 18.4 Å². The number of carbonyl (C=O) groups excluding carboxylic acids is 2. The number of nitrogens with one attached hydrogen (secondary N) is 2. The van der Waals surface area contributed by atoms with E-state index >= 15 is 0 Å². The van der Waals surface area contributed by atoms with E-state index in [0.717, 1.165) is 16.9 Å². The lowest BCUT2D eigenvalue weighted by molar-refractivity contribution is -0.116. The van der Waals surface area contributed by atoms with Gasteiger partial charge in [-0.2, -0.15) is 0 Å². The Hall–Kier alpha value is -3.06. The molecule has 0 bridgehead atoms. The average Bonchev–Trinajstić information content (AvgIpc) is 3.00. The number of carbonyl (C=O) groups is 2. The van der Waals surface area contributed by atoms with Crippen LogP contribution in [0.4, 0.5) is 19.5 Å². The summed E-state index contributed by atoms with van der Waals surface area (Å²) in [6, 6.07) is 11.8. The molecule has 0 aliphatic carbocycles. The highest BCUT2D eigenvalue weighted by Crippen LogP contribution is 2.45. The molecule has 0 saturated heterocycles. The lowest BCUT2D eigenvalue weighted by atomic mass is 9.84. The standard InChI is InChI=1S/C21H16F2N2O2S/c1-11-18-15(14-4-2-3-5-16(14)23)10-17(26)25-21(18)28-19(11)20(27)24-13-8-6-12(22)7-9-13/h2-9,15H,10H2,1H3,(H,24,27)(H,25,26)/t15-/m1/s1. The fourth-order valence-electron chi connectivity index (χ4n) is 3.46. The first kappa shape index (κ1) is 18.3. The molecule has 3 aromatic rings. The molecule has 0 saturated carbocycles. The van der Waals surface area contributed by atoms with Crippen LogP contribution in [0, 0.1) is 18.6 Å². The summed E-state index contributed by atoms with van der Waals surface area (Å²) in [5.41, 5.74) is 2.36. The molecule has 142 valence electrons. The maximum atomic E-state index is 14.4. The van der Waals surface area contributed by atoms with Crippen LogP contribution in [0.15, 0.2) is 48.5 Å². The van der Waals surface area contributed by atoms with Crippen LogP contribution in [0.5, 0.6) is 0 Å². The van der Waals surface area contributed by atoms with Gasteiger partial charge >= 0.3 is 0 Å². The van der Waals surface area contributed by atoms with Crippen LogP contribution >= 0.6 is 11.3 Å². The fraction of sp³-hybridized carbons (Fsp3) is 0.143. The van der Waals surface area contributed by atoms with E-state index in [-0.39, 0.29) is 24.1 Å². The number of rotatable bonds is 3. The third-order valence-electron chi connectivity index (χ3n) is 4.77. The maximum absolute atomic E-state index is 14.4. The molecule has 4 nitrogen and oxygen atoms in total. The van der Waals surface area contributed by atoms with Gasteiger partial charge in [0.05, 0.1) is 9.88 Å². The number of anilines is 2.